The van der Waals surface area contributed by atoms with Gasteiger partial charge in [0, 0.05) is 19.8 Å². The van der Waals surface area contributed by atoms with E-state index in [2.05, 4.69) is 15.1 Å². The molecule has 0 unspecified atom stereocenters. The lowest BCUT2D eigenvalue weighted by Gasteiger charge is -2.20. The van der Waals surface area contributed by atoms with Gasteiger partial charge in [-0.2, -0.15) is 5.10 Å². The van der Waals surface area contributed by atoms with Crippen molar-refractivity contribution >= 4 is 15.7 Å². The standard InChI is InChI=1S/C14H18N4O2S/c1-10-13(9-18(2)16-10)17-21(19,20)14-5-3-4-11-8-15-7-6-12(11)14/h3-5,9,15,17H,6-8H2,1-2H3. The maximum atomic E-state index is 12.7. The molecular weight excluding hydrogens is 288 g/mol. The maximum absolute atomic E-state index is 12.7. The van der Waals surface area contributed by atoms with E-state index in [9.17, 15) is 8.42 Å². The summed E-state index contributed by atoms with van der Waals surface area (Å²) in [5, 5.41) is 7.41. The van der Waals surface area contributed by atoms with Crippen LogP contribution in [0.5, 0.6) is 0 Å². The lowest BCUT2D eigenvalue weighted by molar-refractivity contribution is 0.593. The van der Waals surface area contributed by atoms with Crippen molar-refractivity contribution in [1.29, 1.82) is 0 Å². The van der Waals surface area contributed by atoms with Gasteiger partial charge < -0.3 is 5.32 Å². The second-order valence-corrected chi connectivity index (χ2v) is 6.88. The number of hydrogen-bond donors (Lipinski definition) is 2. The van der Waals surface area contributed by atoms with Crippen molar-refractivity contribution in [3.8, 4) is 0 Å². The number of aryl methyl sites for hydroxylation is 2. The Kier molecular flexibility index (Phi) is 3.46. The minimum atomic E-state index is -3.60. The zero-order chi connectivity index (χ0) is 15.0. The maximum Gasteiger partial charge on any atom is 0.262 e. The molecule has 1 aromatic carbocycles. The number of aromatic nitrogens is 2. The molecule has 1 aliphatic rings. The fourth-order valence-electron chi connectivity index (χ4n) is 2.65. The number of nitrogens with one attached hydrogen (secondary N) is 2. The highest BCUT2D eigenvalue weighted by molar-refractivity contribution is 7.92. The lowest BCUT2D eigenvalue weighted by atomic mass is 10.0. The molecule has 2 aromatic rings. The third kappa shape index (κ3) is 2.66. The Morgan fingerprint density at radius 1 is 1.38 bits per heavy atom. The van der Waals surface area contributed by atoms with Gasteiger partial charge >= 0.3 is 0 Å². The molecule has 1 aliphatic heterocycles. The van der Waals surface area contributed by atoms with Gasteiger partial charge in [-0.25, -0.2) is 8.42 Å². The zero-order valence-electron chi connectivity index (χ0n) is 12.0. The topological polar surface area (TPSA) is 76.0 Å². The summed E-state index contributed by atoms with van der Waals surface area (Å²) in [5.74, 6) is 0. The number of fused-ring (bicyclic) bond motifs is 1. The molecule has 0 bridgehead atoms. The summed E-state index contributed by atoms with van der Waals surface area (Å²) >= 11 is 0. The van der Waals surface area contributed by atoms with Crippen LogP contribution in [0.1, 0.15) is 16.8 Å². The summed E-state index contributed by atoms with van der Waals surface area (Å²) in [4.78, 5) is 0.366. The van der Waals surface area contributed by atoms with E-state index in [0.29, 0.717) is 22.8 Å². The predicted molar refractivity (Wildman–Crippen MR) is 80.6 cm³/mol. The minimum Gasteiger partial charge on any atom is -0.312 e. The SMILES string of the molecule is Cc1nn(C)cc1NS(=O)(=O)c1cccc2c1CCNC2. The third-order valence-corrected chi connectivity index (χ3v) is 5.09. The highest BCUT2D eigenvalue weighted by Crippen LogP contribution is 2.25. The first-order valence-corrected chi connectivity index (χ1v) is 8.30. The monoisotopic (exact) mass is 306 g/mol. The molecule has 0 spiro atoms. The first kappa shape index (κ1) is 14.1. The Bertz CT molecular complexity index is 780. The highest BCUT2D eigenvalue weighted by atomic mass is 32.2. The second-order valence-electron chi connectivity index (χ2n) is 5.23. The Hall–Kier alpha value is -1.86. The normalized spacial score (nSPS) is 14.8. The number of rotatable bonds is 3. The predicted octanol–water partition coefficient (Wildman–Crippen LogP) is 1.18. The first-order valence-electron chi connectivity index (χ1n) is 6.82. The van der Waals surface area contributed by atoms with E-state index in [0.717, 1.165) is 24.1 Å². The summed E-state index contributed by atoms with van der Waals surface area (Å²) in [6.07, 6.45) is 2.39. The Labute approximate surface area is 124 Å². The van der Waals surface area contributed by atoms with E-state index in [1.165, 1.54) is 0 Å². The van der Waals surface area contributed by atoms with Gasteiger partial charge in [-0.05, 0) is 37.1 Å². The average Bonchev–Trinajstić information content (AvgIpc) is 2.75. The summed E-state index contributed by atoms with van der Waals surface area (Å²) in [5.41, 5.74) is 3.13. The average molecular weight is 306 g/mol. The van der Waals surface area contributed by atoms with Crippen molar-refractivity contribution in [2.45, 2.75) is 24.8 Å². The van der Waals surface area contributed by atoms with Crippen molar-refractivity contribution in [3.63, 3.8) is 0 Å². The number of anilines is 1. The van der Waals surface area contributed by atoms with E-state index in [1.54, 1.807) is 37.0 Å². The summed E-state index contributed by atoms with van der Waals surface area (Å²) in [6, 6.07) is 5.42. The van der Waals surface area contributed by atoms with Crippen LogP contribution in [0, 0.1) is 6.92 Å². The van der Waals surface area contributed by atoms with E-state index >= 15 is 0 Å². The van der Waals surface area contributed by atoms with Crippen molar-refractivity contribution in [2.24, 2.45) is 7.05 Å². The Balaban J connectivity index is 2.01. The number of nitrogens with zero attached hydrogens (tertiary/aromatic N) is 2. The Morgan fingerprint density at radius 3 is 2.90 bits per heavy atom. The van der Waals surface area contributed by atoms with Gasteiger partial charge in [-0.1, -0.05) is 12.1 Å². The quantitative estimate of drug-likeness (QED) is 0.892. The minimum absolute atomic E-state index is 0.366. The highest BCUT2D eigenvalue weighted by Gasteiger charge is 2.23. The molecule has 0 saturated heterocycles. The fourth-order valence-corrected chi connectivity index (χ4v) is 4.06. The molecule has 0 radical (unpaired) electrons. The molecule has 0 atom stereocenters. The molecule has 112 valence electrons. The van der Waals surface area contributed by atoms with Crippen molar-refractivity contribution < 1.29 is 8.42 Å². The van der Waals surface area contributed by atoms with Crippen molar-refractivity contribution in [1.82, 2.24) is 15.1 Å². The summed E-state index contributed by atoms with van der Waals surface area (Å²) in [6.45, 7) is 3.29. The van der Waals surface area contributed by atoms with Gasteiger partial charge in [-0.3, -0.25) is 9.40 Å². The molecule has 2 heterocycles. The number of sulfonamides is 1. The van der Waals surface area contributed by atoms with Crippen molar-refractivity contribution in [3.05, 3.63) is 41.2 Å². The van der Waals surface area contributed by atoms with Crippen LogP contribution < -0.4 is 10.0 Å². The van der Waals surface area contributed by atoms with Gasteiger partial charge in [0.15, 0.2) is 0 Å². The van der Waals surface area contributed by atoms with Gasteiger partial charge in [0.2, 0.25) is 0 Å². The van der Waals surface area contributed by atoms with E-state index in [4.69, 9.17) is 0 Å². The molecule has 6 nitrogen and oxygen atoms in total. The van der Waals surface area contributed by atoms with Crippen LogP contribution in [-0.4, -0.2) is 24.7 Å². The molecule has 3 rings (SSSR count). The van der Waals surface area contributed by atoms with Crippen molar-refractivity contribution in [2.75, 3.05) is 11.3 Å². The van der Waals surface area contributed by atoms with Crippen LogP contribution in [0.25, 0.3) is 0 Å². The second kappa shape index (κ2) is 5.16. The van der Waals surface area contributed by atoms with Gasteiger partial charge in [0.1, 0.15) is 0 Å². The molecule has 0 saturated carbocycles. The molecule has 0 amide bonds. The number of benzene rings is 1. The molecule has 21 heavy (non-hydrogen) atoms. The molecule has 2 N–H and O–H groups in total. The van der Waals surface area contributed by atoms with E-state index in [1.807, 2.05) is 6.07 Å². The molecule has 0 fully saturated rings. The van der Waals surface area contributed by atoms with Crippen LogP contribution in [0.2, 0.25) is 0 Å². The van der Waals surface area contributed by atoms with Crippen LogP contribution in [0.15, 0.2) is 29.3 Å². The van der Waals surface area contributed by atoms with Gasteiger partial charge in [-0.15, -0.1) is 0 Å². The molecular formula is C14H18N4O2S. The fraction of sp³-hybridized carbons (Fsp3) is 0.357. The van der Waals surface area contributed by atoms with Crippen LogP contribution in [0.3, 0.4) is 0 Å². The summed E-state index contributed by atoms with van der Waals surface area (Å²) < 4.78 is 29.6. The summed E-state index contributed by atoms with van der Waals surface area (Å²) in [7, 11) is -1.83. The third-order valence-electron chi connectivity index (χ3n) is 3.64. The van der Waals surface area contributed by atoms with Crippen LogP contribution in [-0.2, 0) is 30.0 Å². The Morgan fingerprint density at radius 2 is 2.19 bits per heavy atom. The zero-order valence-corrected chi connectivity index (χ0v) is 12.9. The van der Waals surface area contributed by atoms with Gasteiger partial charge in [0.05, 0.1) is 16.3 Å². The van der Waals surface area contributed by atoms with E-state index < -0.39 is 10.0 Å². The van der Waals surface area contributed by atoms with Crippen LogP contribution in [0.4, 0.5) is 5.69 Å². The smallest absolute Gasteiger partial charge is 0.262 e. The molecule has 7 heteroatoms. The first-order chi connectivity index (χ1) is 9.97. The molecule has 0 aliphatic carbocycles. The number of hydrogen-bond acceptors (Lipinski definition) is 4. The van der Waals surface area contributed by atoms with Gasteiger partial charge in [0.25, 0.3) is 10.0 Å². The lowest BCUT2D eigenvalue weighted by Crippen LogP contribution is -2.26. The van der Waals surface area contributed by atoms with E-state index in [-0.39, 0.29) is 0 Å². The largest absolute Gasteiger partial charge is 0.312 e. The van der Waals surface area contributed by atoms with Crippen LogP contribution >= 0.6 is 0 Å². The molecule has 1 aromatic heterocycles.